The number of ether oxygens (including phenoxy) is 1. The zero-order valence-electron chi connectivity index (χ0n) is 10.9. The lowest BCUT2D eigenvalue weighted by molar-refractivity contribution is 0.333. The number of rotatable bonds is 5. The topological polar surface area (TPSA) is 45.0 Å². The van der Waals surface area contributed by atoms with Gasteiger partial charge in [0.15, 0.2) is 0 Å². The summed E-state index contributed by atoms with van der Waals surface area (Å²) in [5.41, 5.74) is 3.00. The third kappa shape index (κ3) is 3.75. The fraction of sp³-hybridized carbons (Fsp3) is 0.188. The highest BCUT2D eigenvalue weighted by atomic mass is 16.5. The fourth-order valence-electron chi connectivity index (χ4n) is 1.75. The largest absolute Gasteiger partial charge is 0.492 e. The highest BCUT2D eigenvalue weighted by Crippen LogP contribution is 2.13. The Morgan fingerprint density at radius 3 is 2.53 bits per heavy atom. The number of anilines is 1. The maximum atomic E-state index is 8.69. The van der Waals surface area contributed by atoms with Crippen molar-refractivity contribution in [2.75, 3.05) is 18.5 Å². The lowest BCUT2D eigenvalue weighted by atomic mass is 10.2. The molecule has 0 heterocycles. The van der Waals surface area contributed by atoms with Gasteiger partial charge in [-0.25, -0.2) is 0 Å². The molecule has 3 nitrogen and oxygen atoms in total. The Kier molecular flexibility index (Phi) is 4.41. The van der Waals surface area contributed by atoms with E-state index in [4.69, 9.17) is 10.00 Å². The van der Waals surface area contributed by atoms with Crippen LogP contribution in [0.3, 0.4) is 0 Å². The number of nitrogens with one attached hydrogen (secondary N) is 1. The first-order chi connectivity index (χ1) is 9.29. The Morgan fingerprint density at radius 1 is 1.11 bits per heavy atom. The van der Waals surface area contributed by atoms with Crippen LogP contribution in [0, 0.1) is 18.3 Å². The van der Waals surface area contributed by atoms with Crippen molar-refractivity contribution in [1.29, 1.82) is 5.26 Å². The molecule has 2 rings (SSSR count). The van der Waals surface area contributed by atoms with E-state index in [-0.39, 0.29) is 0 Å². The van der Waals surface area contributed by atoms with E-state index >= 15 is 0 Å². The summed E-state index contributed by atoms with van der Waals surface area (Å²) in [6.45, 7) is 3.40. The summed E-state index contributed by atoms with van der Waals surface area (Å²) in [5.74, 6) is 0.783. The zero-order chi connectivity index (χ0) is 13.5. The monoisotopic (exact) mass is 252 g/mol. The van der Waals surface area contributed by atoms with Gasteiger partial charge in [-0.05, 0) is 42.8 Å². The standard InChI is InChI=1S/C16H16N2O/c1-13-4-2-3-5-16(13)18-10-11-19-15-8-6-14(12-17)7-9-15/h2-9,18H,10-11H2,1H3. The molecule has 0 aliphatic heterocycles. The third-order valence-electron chi connectivity index (χ3n) is 2.81. The van der Waals surface area contributed by atoms with E-state index in [9.17, 15) is 0 Å². The van der Waals surface area contributed by atoms with Gasteiger partial charge in [-0.1, -0.05) is 18.2 Å². The molecule has 1 N–H and O–H groups in total. The highest BCUT2D eigenvalue weighted by Gasteiger charge is 1.97. The average Bonchev–Trinajstić information content (AvgIpc) is 2.46. The molecule has 19 heavy (non-hydrogen) atoms. The molecule has 0 saturated heterocycles. The van der Waals surface area contributed by atoms with Gasteiger partial charge >= 0.3 is 0 Å². The van der Waals surface area contributed by atoms with Crippen molar-refractivity contribution in [3.05, 3.63) is 59.7 Å². The number of nitriles is 1. The maximum Gasteiger partial charge on any atom is 0.119 e. The first kappa shape index (κ1) is 13.0. The number of nitrogens with zero attached hydrogens (tertiary/aromatic N) is 1. The summed E-state index contributed by atoms with van der Waals surface area (Å²) in [7, 11) is 0. The fourth-order valence-corrected chi connectivity index (χ4v) is 1.75. The predicted molar refractivity (Wildman–Crippen MR) is 76.3 cm³/mol. The lowest BCUT2D eigenvalue weighted by Crippen LogP contribution is -2.12. The van der Waals surface area contributed by atoms with Gasteiger partial charge in [0, 0.05) is 12.2 Å². The predicted octanol–water partition coefficient (Wildman–Crippen LogP) is 3.36. The molecule has 0 amide bonds. The van der Waals surface area contributed by atoms with E-state index in [0.717, 1.165) is 18.0 Å². The molecule has 2 aromatic rings. The molecule has 2 aromatic carbocycles. The Bertz CT molecular complexity index is 570. The van der Waals surface area contributed by atoms with Crippen molar-refractivity contribution in [2.45, 2.75) is 6.92 Å². The smallest absolute Gasteiger partial charge is 0.119 e. The SMILES string of the molecule is Cc1ccccc1NCCOc1ccc(C#N)cc1. The van der Waals surface area contributed by atoms with E-state index in [2.05, 4.69) is 30.4 Å². The second-order valence-corrected chi connectivity index (χ2v) is 4.23. The Labute approximate surface area is 113 Å². The molecule has 0 atom stereocenters. The van der Waals surface area contributed by atoms with Crippen LogP contribution >= 0.6 is 0 Å². The van der Waals surface area contributed by atoms with Crippen LogP contribution in [0.4, 0.5) is 5.69 Å². The van der Waals surface area contributed by atoms with Crippen molar-refractivity contribution in [2.24, 2.45) is 0 Å². The van der Waals surface area contributed by atoms with Gasteiger partial charge < -0.3 is 10.1 Å². The van der Waals surface area contributed by atoms with Crippen LogP contribution in [0.15, 0.2) is 48.5 Å². The summed E-state index contributed by atoms with van der Waals surface area (Å²) in [5, 5.41) is 12.0. The van der Waals surface area contributed by atoms with Crippen LogP contribution in [0.2, 0.25) is 0 Å². The second kappa shape index (κ2) is 6.46. The van der Waals surface area contributed by atoms with Gasteiger partial charge in [-0.15, -0.1) is 0 Å². The van der Waals surface area contributed by atoms with E-state index in [0.29, 0.717) is 12.2 Å². The normalized spacial score (nSPS) is 9.68. The van der Waals surface area contributed by atoms with Crippen LogP contribution in [-0.4, -0.2) is 13.2 Å². The number of hydrogen-bond acceptors (Lipinski definition) is 3. The lowest BCUT2D eigenvalue weighted by Gasteiger charge is -2.10. The Balaban J connectivity index is 1.78. The minimum atomic E-state index is 0.584. The highest BCUT2D eigenvalue weighted by molar-refractivity contribution is 5.50. The number of benzene rings is 2. The van der Waals surface area contributed by atoms with Crippen LogP contribution in [0.5, 0.6) is 5.75 Å². The molecule has 3 heteroatoms. The van der Waals surface area contributed by atoms with Crippen LogP contribution in [0.1, 0.15) is 11.1 Å². The Morgan fingerprint density at radius 2 is 1.84 bits per heavy atom. The molecule has 0 saturated carbocycles. The maximum absolute atomic E-state index is 8.69. The second-order valence-electron chi connectivity index (χ2n) is 4.23. The van der Waals surface area contributed by atoms with E-state index in [1.54, 1.807) is 12.1 Å². The summed E-state index contributed by atoms with van der Waals surface area (Å²) in [6, 6.07) is 17.4. The van der Waals surface area contributed by atoms with Crippen molar-refractivity contribution in [3.8, 4) is 11.8 Å². The van der Waals surface area contributed by atoms with Crippen molar-refractivity contribution < 1.29 is 4.74 Å². The molecule has 0 fully saturated rings. The number of aryl methyl sites for hydroxylation is 1. The first-order valence-electron chi connectivity index (χ1n) is 6.22. The molecule has 96 valence electrons. The summed E-state index contributed by atoms with van der Waals surface area (Å²) >= 11 is 0. The molecule has 0 aliphatic carbocycles. The summed E-state index contributed by atoms with van der Waals surface area (Å²) in [6.07, 6.45) is 0. The van der Waals surface area contributed by atoms with E-state index in [1.165, 1.54) is 5.56 Å². The molecule has 0 bridgehead atoms. The quantitative estimate of drug-likeness (QED) is 0.830. The van der Waals surface area contributed by atoms with Crippen LogP contribution in [0.25, 0.3) is 0 Å². The molecular weight excluding hydrogens is 236 g/mol. The minimum absolute atomic E-state index is 0.584. The number of para-hydroxylation sites is 1. The Hall–Kier alpha value is -2.47. The van der Waals surface area contributed by atoms with Crippen LogP contribution < -0.4 is 10.1 Å². The molecule has 0 unspecified atom stereocenters. The summed E-state index contributed by atoms with van der Waals surface area (Å²) in [4.78, 5) is 0. The van der Waals surface area contributed by atoms with Crippen LogP contribution in [-0.2, 0) is 0 Å². The average molecular weight is 252 g/mol. The van der Waals surface area contributed by atoms with Gasteiger partial charge in [0.2, 0.25) is 0 Å². The van der Waals surface area contributed by atoms with E-state index in [1.807, 2.05) is 24.3 Å². The molecule has 0 aliphatic rings. The van der Waals surface area contributed by atoms with Gasteiger partial charge in [0.1, 0.15) is 12.4 Å². The van der Waals surface area contributed by atoms with Crippen molar-refractivity contribution in [3.63, 3.8) is 0 Å². The van der Waals surface area contributed by atoms with Crippen molar-refractivity contribution in [1.82, 2.24) is 0 Å². The minimum Gasteiger partial charge on any atom is -0.492 e. The third-order valence-corrected chi connectivity index (χ3v) is 2.81. The van der Waals surface area contributed by atoms with Gasteiger partial charge in [-0.3, -0.25) is 0 Å². The number of hydrogen-bond donors (Lipinski definition) is 1. The van der Waals surface area contributed by atoms with Crippen molar-refractivity contribution >= 4 is 5.69 Å². The van der Waals surface area contributed by atoms with E-state index < -0.39 is 0 Å². The molecule has 0 aromatic heterocycles. The first-order valence-corrected chi connectivity index (χ1v) is 6.22. The molecule has 0 spiro atoms. The summed E-state index contributed by atoms with van der Waals surface area (Å²) < 4.78 is 5.60. The zero-order valence-corrected chi connectivity index (χ0v) is 10.9. The molecule has 0 radical (unpaired) electrons. The molecular formula is C16H16N2O. The van der Waals surface area contributed by atoms with Gasteiger partial charge in [0.25, 0.3) is 0 Å². The van der Waals surface area contributed by atoms with Gasteiger partial charge in [0.05, 0.1) is 11.6 Å². The van der Waals surface area contributed by atoms with Gasteiger partial charge in [-0.2, -0.15) is 5.26 Å².